The van der Waals surface area contributed by atoms with Crippen molar-refractivity contribution in [3.05, 3.63) is 0 Å². The molecule has 2 heteroatoms. The van der Waals surface area contributed by atoms with Crippen LogP contribution in [-0.4, -0.2) is 12.1 Å². The molecule has 0 aromatic rings. The first-order valence-corrected chi connectivity index (χ1v) is 6.27. The summed E-state index contributed by atoms with van der Waals surface area (Å²) in [7, 11) is 0. The first-order chi connectivity index (χ1) is 7.10. The second-order valence-corrected chi connectivity index (χ2v) is 5.60. The fourth-order valence-corrected chi connectivity index (χ4v) is 3.47. The Morgan fingerprint density at radius 1 is 1.27 bits per heavy atom. The lowest BCUT2D eigenvalue weighted by molar-refractivity contribution is -0.151. The molecule has 86 valence electrons. The monoisotopic (exact) mass is 210 g/mol. The van der Waals surface area contributed by atoms with Crippen LogP contribution < -0.4 is 0 Å². The van der Waals surface area contributed by atoms with Gasteiger partial charge in [0.05, 0.1) is 0 Å². The van der Waals surface area contributed by atoms with E-state index in [9.17, 15) is 4.79 Å². The van der Waals surface area contributed by atoms with Gasteiger partial charge in [0.2, 0.25) is 0 Å². The van der Waals surface area contributed by atoms with Crippen molar-refractivity contribution in [2.45, 2.75) is 64.9 Å². The molecule has 0 aromatic carbocycles. The van der Waals surface area contributed by atoms with Crippen LogP contribution in [0.3, 0.4) is 0 Å². The number of rotatable bonds is 1. The van der Waals surface area contributed by atoms with Crippen LogP contribution in [0.2, 0.25) is 0 Å². The van der Waals surface area contributed by atoms with Gasteiger partial charge >= 0.3 is 5.97 Å². The number of carbonyl (C=O) groups excluding carboxylic acids is 1. The van der Waals surface area contributed by atoms with Gasteiger partial charge < -0.3 is 4.74 Å². The van der Waals surface area contributed by atoms with Crippen molar-refractivity contribution in [1.29, 1.82) is 0 Å². The van der Waals surface area contributed by atoms with Gasteiger partial charge in [0.25, 0.3) is 0 Å². The molecule has 0 spiro atoms. The van der Waals surface area contributed by atoms with Crippen molar-refractivity contribution in [3.8, 4) is 0 Å². The predicted octanol–water partition coefficient (Wildman–Crippen LogP) is 3.30. The molecule has 0 aliphatic heterocycles. The zero-order valence-electron chi connectivity index (χ0n) is 9.92. The van der Waals surface area contributed by atoms with E-state index in [1.807, 2.05) is 0 Å². The molecule has 2 aliphatic rings. The highest BCUT2D eigenvalue weighted by atomic mass is 16.5. The molecule has 15 heavy (non-hydrogen) atoms. The number of carbonyl (C=O) groups is 1. The minimum atomic E-state index is -0.112. The summed E-state index contributed by atoms with van der Waals surface area (Å²) in [5.74, 6) is 0.684. The van der Waals surface area contributed by atoms with E-state index in [2.05, 4.69) is 6.92 Å². The summed E-state index contributed by atoms with van der Waals surface area (Å²) in [6, 6.07) is 0. The van der Waals surface area contributed by atoms with Gasteiger partial charge in [-0.05, 0) is 43.4 Å². The van der Waals surface area contributed by atoms with Gasteiger partial charge in [-0.2, -0.15) is 0 Å². The molecule has 3 atom stereocenters. The third-order valence-corrected chi connectivity index (χ3v) is 4.45. The third kappa shape index (κ3) is 2.35. The first-order valence-electron chi connectivity index (χ1n) is 6.27. The Labute approximate surface area is 92.4 Å². The largest absolute Gasteiger partial charge is 0.463 e. The Bertz CT molecular complexity index is 249. The molecular weight excluding hydrogens is 188 g/mol. The maximum atomic E-state index is 10.9. The second-order valence-electron chi connectivity index (χ2n) is 5.60. The highest BCUT2D eigenvalue weighted by molar-refractivity contribution is 5.66. The van der Waals surface area contributed by atoms with Gasteiger partial charge in [-0.3, -0.25) is 4.79 Å². The average molecular weight is 210 g/mol. The number of hydrogen-bond donors (Lipinski definition) is 0. The van der Waals surface area contributed by atoms with Gasteiger partial charge in [-0.15, -0.1) is 0 Å². The van der Waals surface area contributed by atoms with Gasteiger partial charge in [-0.25, -0.2) is 0 Å². The first kappa shape index (κ1) is 11.0. The summed E-state index contributed by atoms with van der Waals surface area (Å²) in [5, 5.41) is 0. The van der Waals surface area contributed by atoms with E-state index in [1.165, 1.54) is 39.0 Å². The minimum absolute atomic E-state index is 0.112. The van der Waals surface area contributed by atoms with Crippen LogP contribution in [0.15, 0.2) is 0 Å². The lowest BCUT2D eigenvalue weighted by Crippen LogP contribution is -2.39. The fraction of sp³-hybridized carbons (Fsp3) is 0.923. The lowest BCUT2D eigenvalue weighted by Gasteiger charge is -2.47. The zero-order valence-corrected chi connectivity index (χ0v) is 9.92. The highest BCUT2D eigenvalue weighted by Crippen LogP contribution is 2.50. The SMILES string of the molecule is CC(=O)O[C@@H]1CC[C@@]2(C)CCCC[C@H]2C1. The van der Waals surface area contributed by atoms with Crippen molar-refractivity contribution in [2.24, 2.45) is 11.3 Å². The Morgan fingerprint density at radius 3 is 2.80 bits per heavy atom. The van der Waals surface area contributed by atoms with Gasteiger partial charge in [0.1, 0.15) is 6.10 Å². The maximum Gasteiger partial charge on any atom is 0.302 e. The van der Waals surface area contributed by atoms with E-state index in [4.69, 9.17) is 4.74 Å². The molecule has 2 saturated carbocycles. The van der Waals surface area contributed by atoms with E-state index in [-0.39, 0.29) is 12.1 Å². The molecule has 0 unspecified atom stereocenters. The van der Waals surface area contributed by atoms with Crippen molar-refractivity contribution in [3.63, 3.8) is 0 Å². The quantitative estimate of drug-likeness (QED) is 0.621. The summed E-state index contributed by atoms with van der Waals surface area (Å²) >= 11 is 0. The van der Waals surface area contributed by atoms with Crippen LogP contribution >= 0.6 is 0 Å². The number of ether oxygens (including phenoxy) is 1. The Balaban J connectivity index is 1.95. The molecule has 0 aromatic heterocycles. The van der Waals surface area contributed by atoms with Crippen molar-refractivity contribution < 1.29 is 9.53 Å². The molecule has 2 fully saturated rings. The lowest BCUT2D eigenvalue weighted by atomic mass is 9.60. The maximum absolute atomic E-state index is 10.9. The number of fused-ring (bicyclic) bond motifs is 1. The van der Waals surface area contributed by atoms with Crippen LogP contribution in [0.25, 0.3) is 0 Å². The normalized spacial score (nSPS) is 40.7. The van der Waals surface area contributed by atoms with Crippen molar-refractivity contribution >= 4 is 5.97 Å². The summed E-state index contributed by atoms with van der Waals surface area (Å²) in [6.07, 6.45) is 9.12. The van der Waals surface area contributed by atoms with E-state index < -0.39 is 0 Å². The topological polar surface area (TPSA) is 26.3 Å². The van der Waals surface area contributed by atoms with Crippen LogP contribution in [0.5, 0.6) is 0 Å². The molecule has 2 nitrogen and oxygen atoms in total. The number of esters is 1. The van der Waals surface area contributed by atoms with E-state index in [0.717, 1.165) is 18.8 Å². The second kappa shape index (κ2) is 4.15. The number of hydrogen-bond acceptors (Lipinski definition) is 2. The molecule has 2 rings (SSSR count). The highest BCUT2D eigenvalue weighted by Gasteiger charge is 2.41. The van der Waals surface area contributed by atoms with E-state index >= 15 is 0 Å². The van der Waals surface area contributed by atoms with Crippen LogP contribution in [0.4, 0.5) is 0 Å². The Morgan fingerprint density at radius 2 is 2.07 bits per heavy atom. The van der Waals surface area contributed by atoms with Crippen molar-refractivity contribution in [1.82, 2.24) is 0 Å². The smallest absolute Gasteiger partial charge is 0.302 e. The molecule has 0 saturated heterocycles. The van der Waals surface area contributed by atoms with E-state index in [0.29, 0.717) is 5.41 Å². The van der Waals surface area contributed by atoms with Crippen LogP contribution in [0.1, 0.15) is 58.8 Å². The molecule has 0 amide bonds. The molecule has 0 N–H and O–H groups in total. The Kier molecular flexibility index (Phi) is 3.03. The summed E-state index contributed by atoms with van der Waals surface area (Å²) in [4.78, 5) is 10.9. The summed E-state index contributed by atoms with van der Waals surface area (Å²) < 4.78 is 5.35. The third-order valence-electron chi connectivity index (χ3n) is 4.45. The Hall–Kier alpha value is -0.530. The van der Waals surface area contributed by atoms with Crippen LogP contribution in [-0.2, 0) is 9.53 Å². The minimum Gasteiger partial charge on any atom is -0.463 e. The predicted molar refractivity (Wildman–Crippen MR) is 59.5 cm³/mol. The van der Waals surface area contributed by atoms with Crippen LogP contribution in [0, 0.1) is 11.3 Å². The van der Waals surface area contributed by atoms with Gasteiger partial charge in [0.15, 0.2) is 0 Å². The van der Waals surface area contributed by atoms with Gasteiger partial charge in [-0.1, -0.05) is 19.8 Å². The average Bonchev–Trinajstić information content (AvgIpc) is 2.17. The molecule has 2 aliphatic carbocycles. The summed E-state index contributed by atoms with van der Waals surface area (Å²) in [6.45, 7) is 3.95. The molecule has 0 radical (unpaired) electrons. The zero-order chi connectivity index (χ0) is 10.9. The van der Waals surface area contributed by atoms with Gasteiger partial charge in [0, 0.05) is 6.92 Å². The molecule has 0 heterocycles. The molecule has 0 bridgehead atoms. The van der Waals surface area contributed by atoms with Crippen molar-refractivity contribution in [2.75, 3.05) is 0 Å². The summed E-state index contributed by atoms with van der Waals surface area (Å²) in [5.41, 5.74) is 0.550. The molecular formula is C13H22O2. The fourth-order valence-electron chi connectivity index (χ4n) is 3.47. The van der Waals surface area contributed by atoms with E-state index in [1.54, 1.807) is 0 Å². The standard InChI is InChI=1S/C13H22O2/c1-10(14)15-12-6-8-13(2)7-4-3-5-11(13)9-12/h11-12H,3-9H2,1-2H3/t11-,12+,13+/m0/s1.